The number of allylic oxidation sites excluding steroid dienone is 1. The molecular formula is C22H23F5N3O2+. The summed E-state index contributed by atoms with van der Waals surface area (Å²) in [6.45, 7) is 6.34. The third kappa shape index (κ3) is 6.53. The molecule has 0 aliphatic rings. The molecule has 0 aromatic heterocycles. The molecule has 0 aliphatic heterocycles. The molecule has 0 aliphatic carbocycles. The molecule has 0 fully saturated rings. The smallest absolute Gasteiger partial charge is 0.444 e. The largest absolute Gasteiger partial charge is 0.479 e. The number of hydrogen-bond donors (Lipinski definition) is 3. The lowest BCUT2D eigenvalue weighted by molar-refractivity contribution is -0.369. The van der Waals surface area contributed by atoms with E-state index < -0.39 is 46.6 Å². The van der Waals surface area contributed by atoms with Gasteiger partial charge in [-0.25, -0.2) is 9.18 Å². The van der Waals surface area contributed by atoms with Crippen molar-refractivity contribution in [3.05, 3.63) is 65.5 Å². The highest BCUT2D eigenvalue weighted by molar-refractivity contribution is 6.02. The zero-order valence-corrected chi connectivity index (χ0v) is 17.8. The Bertz CT molecular complexity index is 1050. The normalized spacial score (nSPS) is 13.2. The second kappa shape index (κ2) is 9.37. The Balaban J connectivity index is 2.64. The van der Waals surface area contributed by atoms with Gasteiger partial charge in [-0.2, -0.15) is 22.6 Å². The zero-order chi connectivity index (χ0) is 24.3. The number of alkyl carbamates (subject to hydrolysis) is 1. The van der Waals surface area contributed by atoms with Gasteiger partial charge in [0, 0.05) is 12.3 Å². The van der Waals surface area contributed by atoms with Crippen molar-refractivity contribution in [2.45, 2.75) is 39.5 Å². The minimum atomic E-state index is -5.09. The molecule has 0 unspecified atom stereocenters. The Labute approximate surface area is 181 Å². The standard InChI is InChI=1S/C22H22F5N3O2/c1-12-5-7-13(8-6-12)15-9-14(23)10-16(24)18(15)30-19(22(25,26)27)17(11-28)29-20(31)32-21(2,3)4/h5-11H,28H2,1-4H3,(H,29,31)/p+1. The van der Waals surface area contributed by atoms with Gasteiger partial charge < -0.3 is 10.5 Å². The summed E-state index contributed by atoms with van der Waals surface area (Å²) in [6.07, 6.45) is -5.80. The fourth-order valence-electron chi connectivity index (χ4n) is 2.68. The van der Waals surface area contributed by atoms with Crippen LogP contribution in [0.2, 0.25) is 0 Å². The molecule has 1 amide bonds. The van der Waals surface area contributed by atoms with Gasteiger partial charge >= 0.3 is 18.0 Å². The van der Waals surface area contributed by atoms with Crippen molar-refractivity contribution in [2.75, 3.05) is 0 Å². The van der Waals surface area contributed by atoms with Crippen molar-refractivity contribution in [3.8, 4) is 11.1 Å². The monoisotopic (exact) mass is 456 g/mol. The fourth-order valence-corrected chi connectivity index (χ4v) is 2.68. The molecule has 172 valence electrons. The number of alkyl halides is 3. The Morgan fingerprint density at radius 1 is 1.09 bits per heavy atom. The summed E-state index contributed by atoms with van der Waals surface area (Å²) < 4.78 is 75.0. The van der Waals surface area contributed by atoms with Crippen LogP contribution in [0, 0.1) is 18.6 Å². The Hall–Kier alpha value is -3.43. The molecule has 10 heteroatoms. The van der Waals surface area contributed by atoms with E-state index in [1.807, 2.05) is 10.3 Å². The number of rotatable bonds is 4. The average molecular weight is 456 g/mol. The van der Waals surface area contributed by atoms with Crippen LogP contribution in [0.15, 0.2) is 48.3 Å². The van der Waals surface area contributed by atoms with Crippen molar-refractivity contribution in [3.63, 3.8) is 0 Å². The topological polar surface area (TPSA) is 78.3 Å². The summed E-state index contributed by atoms with van der Waals surface area (Å²) in [5.41, 5.74) is 2.18. The van der Waals surface area contributed by atoms with Gasteiger partial charge in [-0.05, 0) is 39.3 Å². The molecule has 0 heterocycles. The number of carbonyl (C=O) groups is 1. The molecule has 0 spiro atoms. The maximum Gasteiger partial charge on any atom is 0.479 e. The van der Waals surface area contributed by atoms with Gasteiger partial charge in [-0.1, -0.05) is 29.8 Å². The lowest BCUT2D eigenvalue weighted by atomic mass is 10.0. The van der Waals surface area contributed by atoms with Crippen LogP contribution in [0.4, 0.5) is 32.4 Å². The highest BCUT2D eigenvalue weighted by Crippen LogP contribution is 2.29. The minimum absolute atomic E-state index is 0.155. The van der Waals surface area contributed by atoms with Gasteiger partial charge in [0.2, 0.25) is 5.69 Å². The number of nitrogens with one attached hydrogen (secondary N) is 2. The average Bonchev–Trinajstić information content (AvgIpc) is 2.63. The predicted molar refractivity (Wildman–Crippen MR) is 110 cm³/mol. The number of halogens is 5. The minimum Gasteiger partial charge on any atom is -0.444 e. The fraction of sp³-hybridized carbons (Fsp3) is 0.273. The van der Waals surface area contributed by atoms with Crippen molar-refractivity contribution < 1.29 is 36.5 Å². The SMILES string of the molecule is Cc1ccc(-c2cc(F)cc(F)c2[NH+]=C(C(=CN)NC(=O)OC(C)(C)C)C(F)(F)F)cc1. The predicted octanol–water partition coefficient (Wildman–Crippen LogP) is 3.98. The van der Waals surface area contributed by atoms with Gasteiger partial charge in [-0.15, -0.1) is 0 Å². The van der Waals surface area contributed by atoms with Crippen molar-refractivity contribution in [2.24, 2.45) is 5.73 Å². The highest BCUT2D eigenvalue weighted by Gasteiger charge is 2.45. The van der Waals surface area contributed by atoms with E-state index in [0.717, 1.165) is 11.6 Å². The highest BCUT2D eigenvalue weighted by atomic mass is 19.4. The molecule has 0 saturated carbocycles. The number of benzene rings is 2. The Morgan fingerprint density at radius 3 is 2.19 bits per heavy atom. The van der Waals surface area contributed by atoms with E-state index >= 15 is 0 Å². The van der Waals surface area contributed by atoms with E-state index in [4.69, 9.17) is 10.5 Å². The van der Waals surface area contributed by atoms with Crippen LogP contribution in [0.5, 0.6) is 0 Å². The quantitative estimate of drug-likeness (QED) is 0.481. The third-order valence-corrected chi connectivity index (χ3v) is 4.02. The first kappa shape index (κ1) is 24.8. The molecule has 5 nitrogen and oxygen atoms in total. The summed E-state index contributed by atoms with van der Waals surface area (Å²) in [5, 5.41) is 1.91. The lowest BCUT2D eigenvalue weighted by Crippen LogP contribution is -2.72. The summed E-state index contributed by atoms with van der Waals surface area (Å²) in [6, 6.07) is 7.66. The third-order valence-electron chi connectivity index (χ3n) is 4.02. The molecule has 2 rings (SSSR count). The van der Waals surface area contributed by atoms with Gasteiger partial charge in [0.05, 0.1) is 5.56 Å². The second-order valence-corrected chi connectivity index (χ2v) is 7.88. The Kier molecular flexibility index (Phi) is 7.27. The molecule has 2 aromatic rings. The van der Waals surface area contributed by atoms with E-state index in [2.05, 4.69) is 0 Å². The van der Waals surface area contributed by atoms with Crippen LogP contribution < -0.4 is 16.0 Å². The number of nitrogens with two attached hydrogens (primary N) is 1. The molecular weight excluding hydrogens is 433 g/mol. The van der Waals surface area contributed by atoms with Crippen LogP contribution in [-0.4, -0.2) is 23.6 Å². The summed E-state index contributed by atoms with van der Waals surface area (Å²) in [7, 11) is 0. The molecule has 0 saturated heterocycles. The number of carbonyl (C=O) groups excluding carboxylic acids is 1. The van der Waals surface area contributed by atoms with Crippen LogP contribution in [-0.2, 0) is 4.74 Å². The van der Waals surface area contributed by atoms with Gasteiger partial charge in [-0.3, -0.25) is 5.32 Å². The van der Waals surface area contributed by atoms with E-state index in [0.29, 0.717) is 12.3 Å². The Morgan fingerprint density at radius 2 is 1.69 bits per heavy atom. The van der Waals surface area contributed by atoms with E-state index in [-0.39, 0.29) is 11.1 Å². The van der Waals surface area contributed by atoms with E-state index in [1.165, 1.54) is 32.9 Å². The van der Waals surface area contributed by atoms with Crippen LogP contribution in [0.25, 0.3) is 11.1 Å². The lowest BCUT2D eigenvalue weighted by Gasteiger charge is -2.20. The van der Waals surface area contributed by atoms with Crippen molar-refractivity contribution in [1.82, 2.24) is 5.32 Å². The van der Waals surface area contributed by atoms with Gasteiger partial charge in [0.25, 0.3) is 0 Å². The zero-order valence-electron chi connectivity index (χ0n) is 17.8. The molecule has 4 N–H and O–H groups in total. The maximum atomic E-state index is 14.6. The number of amides is 1. The number of aryl methyl sites for hydroxylation is 1. The van der Waals surface area contributed by atoms with Crippen molar-refractivity contribution >= 4 is 17.5 Å². The summed E-state index contributed by atoms with van der Waals surface area (Å²) in [4.78, 5) is 13.9. The van der Waals surface area contributed by atoms with E-state index in [9.17, 15) is 26.7 Å². The number of hydrogen-bond acceptors (Lipinski definition) is 3. The van der Waals surface area contributed by atoms with Crippen LogP contribution in [0.1, 0.15) is 26.3 Å². The molecule has 0 radical (unpaired) electrons. The summed E-state index contributed by atoms with van der Waals surface area (Å²) >= 11 is 0. The summed E-state index contributed by atoms with van der Waals surface area (Å²) in [5.74, 6) is -2.24. The first-order valence-corrected chi connectivity index (χ1v) is 9.41. The first-order valence-electron chi connectivity index (χ1n) is 9.41. The molecule has 0 bridgehead atoms. The maximum absolute atomic E-state index is 14.6. The first-order chi connectivity index (χ1) is 14.7. The van der Waals surface area contributed by atoms with Crippen molar-refractivity contribution in [1.29, 1.82) is 0 Å². The van der Waals surface area contributed by atoms with Gasteiger partial charge in [0.1, 0.15) is 17.1 Å². The number of ether oxygens (including phenoxy) is 1. The molecule has 32 heavy (non-hydrogen) atoms. The molecule has 0 atom stereocenters. The van der Waals surface area contributed by atoms with Crippen LogP contribution in [0.3, 0.4) is 0 Å². The molecule has 2 aromatic carbocycles. The van der Waals surface area contributed by atoms with Gasteiger partial charge in [0.15, 0.2) is 5.82 Å². The second-order valence-electron chi connectivity index (χ2n) is 7.88. The van der Waals surface area contributed by atoms with Crippen LogP contribution >= 0.6 is 0 Å². The van der Waals surface area contributed by atoms with E-state index in [1.54, 1.807) is 19.1 Å².